The lowest BCUT2D eigenvalue weighted by Gasteiger charge is -2.13. The van der Waals surface area contributed by atoms with Crippen molar-refractivity contribution < 1.29 is 9.05 Å². The molecule has 6 nitrogen and oxygen atoms in total. The maximum atomic E-state index is 5.41. The molecule has 0 saturated carbocycles. The highest BCUT2D eigenvalue weighted by Gasteiger charge is 2.15. The maximum Gasteiger partial charge on any atom is 0.241 e. The van der Waals surface area contributed by atoms with Crippen LogP contribution in [0, 0.1) is 13.8 Å². The van der Waals surface area contributed by atoms with Gasteiger partial charge in [-0.15, -0.1) is 0 Å². The van der Waals surface area contributed by atoms with Crippen LogP contribution in [0.5, 0.6) is 0 Å². The van der Waals surface area contributed by atoms with E-state index in [1.54, 1.807) is 0 Å². The summed E-state index contributed by atoms with van der Waals surface area (Å²) in [5, 5.41) is 8.09. The van der Waals surface area contributed by atoms with Crippen LogP contribution < -0.4 is 0 Å². The summed E-state index contributed by atoms with van der Waals surface area (Å²) in [6, 6.07) is 8.30. The van der Waals surface area contributed by atoms with Gasteiger partial charge in [-0.25, -0.2) is 0 Å². The molecule has 0 N–H and O–H groups in total. The highest BCUT2D eigenvalue weighted by Crippen LogP contribution is 2.21. The molecular formula is C19H24N4O2. The summed E-state index contributed by atoms with van der Waals surface area (Å²) >= 11 is 0. The first-order valence-electron chi connectivity index (χ1n) is 8.47. The number of aryl methyl sites for hydroxylation is 2. The molecule has 6 heteroatoms. The molecule has 2 heterocycles. The minimum atomic E-state index is 0.507. The van der Waals surface area contributed by atoms with Crippen molar-refractivity contribution in [3.05, 3.63) is 52.7 Å². The van der Waals surface area contributed by atoms with Crippen LogP contribution in [0.2, 0.25) is 0 Å². The highest BCUT2D eigenvalue weighted by atomic mass is 16.5. The molecule has 0 spiro atoms. The number of nitrogens with zero attached hydrogens (tertiary/aromatic N) is 4. The van der Waals surface area contributed by atoms with Crippen molar-refractivity contribution in [1.29, 1.82) is 0 Å². The van der Waals surface area contributed by atoms with E-state index in [-0.39, 0.29) is 0 Å². The Labute approximate surface area is 147 Å². The third kappa shape index (κ3) is 3.96. The first-order valence-corrected chi connectivity index (χ1v) is 8.47. The third-order valence-electron chi connectivity index (χ3n) is 4.32. The van der Waals surface area contributed by atoms with Crippen LogP contribution in [-0.2, 0) is 13.1 Å². The Balaban J connectivity index is 1.67. The molecule has 0 bridgehead atoms. The number of rotatable bonds is 6. The summed E-state index contributed by atoms with van der Waals surface area (Å²) in [5.74, 6) is 2.57. The molecule has 3 aromatic rings. The maximum absolute atomic E-state index is 5.41. The average Bonchev–Trinajstić information content (AvgIpc) is 3.17. The number of hydrogen-bond donors (Lipinski definition) is 0. The lowest BCUT2D eigenvalue weighted by Crippen LogP contribution is -2.18. The van der Waals surface area contributed by atoms with Crippen molar-refractivity contribution in [2.45, 2.75) is 46.7 Å². The number of hydrogen-bond acceptors (Lipinski definition) is 6. The molecular weight excluding hydrogens is 316 g/mol. The molecule has 0 radical (unpaired) electrons. The van der Waals surface area contributed by atoms with Gasteiger partial charge < -0.3 is 9.05 Å². The van der Waals surface area contributed by atoms with E-state index in [1.165, 1.54) is 5.56 Å². The standard InChI is InChI=1S/C19H24N4O2/c1-12(2)15-6-8-16(9-7-15)19-20-18(25-22-19)11-23(5)10-17-13(3)21-24-14(17)4/h6-9,12H,10-11H2,1-5H3. The Morgan fingerprint density at radius 1 is 1.00 bits per heavy atom. The van der Waals surface area contributed by atoms with Crippen LogP contribution in [0.3, 0.4) is 0 Å². The fourth-order valence-corrected chi connectivity index (χ4v) is 2.74. The Kier molecular flexibility index (Phi) is 4.99. The van der Waals surface area contributed by atoms with Gasteiger partial charge in [-0.3, -0.25) is 4.90 Å². The molecule has 0 unspecified atom stereocenters. The van der Waals surface area contributed by atoms with Crippen molar-refractivity contribution in [2.75, 3.05) is 7.05 Å². The van der Waals surface area contributed by atoms with Crippen molar-refractivity contribution >= 4 is 0 Å². The van der Waals surface area contributed by atoms with E-state index in [4.69, 9.17) is 9.05 Å². The largest absolute Gasteiger partial charge is 0.361 e. The predicted octanol–water partition coefficient (Wildman–Crippen LogP) is 4.10. The molecule has 0 aliphatic heterocycles. The van der Waals surface area contributed by atoms with E-state index in [2.05, 4.69) is 46.2 Å². The van der Waals surface area contributed by atoms with Crippen LogP contribution in [0.1, 0.15) is 48.2 Å². The zero-order valence-corrected chi connectivity index (χ0v) is 15.4. The van der Waals surface area contributed by atoms with Gasteiger partial charge in [-0.1, -0.05) is 48.4 Å². The fourth-order valence-electron chi connectivity index (χ4n) is 2.74. The molecule has 0 saturated heterocycles. The van der Waals surface area contributed by atoms with Gasteiger partial charge in [0.05, 0.1) is 12.2 Å². The molecule has 3 rings (SSSR count). The topological polar surface area (TPSA) is 68.2 Å². The van der Waals surface area contributed by atoms with E-state index >= 15 is 0 Å². The van der Waals surface area contributed by atoms with Gasteiger partial charge in [0, 0.05) is 17.7 Å². The summed E-state index contributed by atoms with van der Waals surface area (Å²) in [6.45, 7) is 9.52. The summed E-state index contributed by atoms with van der Waals surface area (Å²) in [6.07, 6.45) is 0. The van der Waals surface area contributed by atoms with Crippen LogP contribution in [0.4, 0.5) is 0 Å². The Morgan fingerprint density at radius 2 is 1.72 bits per heavy atom. The second-order valence-electron chi connectivity index (χ2n) is 6.76. The van der Waals surface area contributed by atoms with Gasteiger partial charge in [0.1, 0.15) is 5.76 Å². The Morgan fingerprint density at radius 3 is 2.32 bits per heavy atom. The van der Waals surface area contributed by atoms with Gasteiger partial charge in [-0.05, 0) is 32.4 Å². The van der Waals surface area contributed by atoms with E-state index in [0.717, 1.165) is 29.1 Å². The minimum absolute atomic E-state index is 0.507. The van der Waals surface area contributed by atoms with Gasteiger partial charge in [0.2, 0.25) is 11.7 Å². The molecule has 0 fully saturated rings. The van der Waals surface area contributed by atoms with Crippen molar-refractivity contribution in [1.82, 2.24) is 20.2 Å². The molecule has 0 atom stereocenters. The van der Waals surface area contributed by atoms with E-state index in [9.17, 15) is 0 Å². The zero-order chi connectivity index (χ0) is 18.0. The molecule has 132 valence electrons. The predicted molar refractivity (Wildman–Crippen MR) is 95.0 cm³/mol. The van der Waals surface area contributed by atoms with Gasteiger partial charge >= 0.3 is 0 Å². The summed E-state index contributed by atoms with van der Waals surface area (Å²) in [7, 11) is 2.01. The SMILES string of the molecule is Cc1noc(C)c1CN(C)Cc1nc(-c2ccc(C(C)C)cc2)no1. The Hall–Kier alpha value is -2.47. The van der Waals surface area contributed by atoms with Crippen molar-refractivity contribution in [3.8, 4) is 11.4 Å². The normalized spacial score (nSPS) is 11.6. The van der Waals surface area contributed by atoms with Gasteiger partial charge in [0.15, 0.2) is 0 Å². The zero-order valence-electron chi connectivity index (χ0n) is 15.4. The second kappa shape index (κ2) is 7.19. The average molecular weight is 340 g/mol. The second-order valence-corrected chi connectivity index (χ2v) is 6.76. The minimum Gasteiger partial charge on any atom is -0.361 e. The first-order chi connectivity index (χ1) is 11.9. The highest BCUT2D eigenvalue weighted by molar-refractivity contribution is 5.54. The van der Waals surface area contributed by atoms with Gasteiger partial charge in [0.25, 0.3) is 0 Å². The quantitative estimate of drug-likeness (QED) is 0.673. The van der Waals surface area contributed by atoms with Crippen LogP contribution >= 0.6 is 0 Å². The van der Waals surface area contributed by atoms with E-state index in [1.807, 2.05) is 33.0 Å². The summed E-state index contributed by atoms with van der Waals surface area (Å²) in [5.41, 5.74) is 4.28. The molecule has 2 aromatic heterocycles. The summed E-state index contributed by atoms with van der Waals surface area (Å²) in [4.78, 5) is 6.61. The lowest BCUT2D eigenvalue weighted by molar-refractivity contribution is 0.259. The van der Waals surface area contributed by atoms with Crippen molar-refractivity contribution in [3.63, 3.8) is 0 Å². The molecule has 1 aromatic carbocycles. The Bertz CT molecular complexity index is 814. The fraction of sp³-hybridized carbons (Fsp3) is 0.421. The third-order valence-corrected chi connectivity index (χ3v) is 4.32. The lowest BCUT2D eigenvalue weighted by atomic mass is 10.0. The van der Waals surface area contributed by atoms with E-state index < -0.39 is 0 Å². The number of aromatic nitrogens is 3. The van der Waals surface area contributed by atoms with Gasteiger partial charge in [-0.2, -0.15) is 4.98 Å². The van der Waals surface area contributed by atoms with E-state index in [0.29, 0.717) is 24.2 Å². The smallest absolute Gasteiger partial charge is 0.241 e. The first kappa shape index (κ1) is 17.4. The summed E-state index contributed by atoms with van der Waals surface area (Å²) < 4.78 is 10.6. The van der Waals surface area contributed by atoms with Crippen LogP contribution in [0.25, 0.3) is 11.4 Å². The number of benzene rings is 1. The van der Waals surface area contributed by atoms with Crippen LogP contribution in [-0.4, -0.2) is 27.2 Å². The van der Waals surface area contributed by atoms with Crippen molar-refractivity contribution in [2.24, 2.45) is 0 Å². The molecule has 0 aliphatic rings. The molecule has 0 aliphatic carbocycles. The van der Waals surface area contributed by atoms with Crippen LogP contribution in [0.15, 0.2) is 33.3 Å². The molecule has 0 amide bonds. The molecule has 25 heavy (non-hydrogen) atoms. The monoisotopic (exact) mass is 340 g/mol.